The van der Waals surface area contributed by atoms with Gasteiger partial charge in [0.2, 0.25) is 0 Å². The maximum atomic E-state index is 12.7. The first-order valence-electron chi connectivity index (χ1n) is 9.15. The van der Waals surface area contributed by atoms with Gasteiger partial charge in [-0.15, -0.1) is 0 Å². The van der Waals surface area contributed by atoms with Crippen LogP contribution in [0.2, 0.25) is 0 Å². The molecule has 1 aromatic carbocycles. The van der Waals surface area contributed by atoms with Gasteiger partial charge in [0, 0.05) is 24.7 Å². The lowest BCUT2D eigenvalue weighted by molar-refractivity contribution is 0.202. The van der Waals surface area contributed by atoms with E-state index in [1.165, 1.54) is 5.56 Å². The Morgan fingerprint density at radius 2 is 2.04 bits per heavy atom. The molecule has 0 aliphatic carbocycles. The molecule has 0 spiro atoms. The van der Waals surface area contributed by atoms with Crippen molar-refractivity contribution in [1.82, 2.24) is 15.2 Å². The molecular formula is C21H25N3O3S. The normalized spacial score (nSPS) is 11.0. The molecule has 0 aliphatic heterocycles. The van der Waals surface area contributed by atoms with Crippen LogP contribution in [0, 0.1) is 13.8 Å². The van der Waals surface area contributed by atoms with E-state index in [1.807, 2.05) is 36.1 Å². The quantitative estimate of drug-likeness (QED) is 0.469. The summed E-state index contributed by atoms with van der Waals surface area (Å²) in [6.07, 6.45) is 1.63. The molecule has 2 N–H and O–H groups in total. The molecule has 0 radical (unpaired) electrons. The Morgan fingerprint density at radius 3 is 2.75 bits per heavy atom. The number of hydrogen-bond acceptors (Lipinski definition) is 4. The molecular weight excluding hydrogens is 374 g/mol. The number of thiocarbonyl (C=S) groups is 1. The van der Waals surface area contributed by atoms with Gasteiger partial charge in [-0.3, -0.25) is 4.79 Å². The van der Waals surface area contributed by atoms with Gasteiger partial charge < -0.3 is 24.4 Å². The summed E-state index contributed by atoms with van der Waals surface area (Å²) in [4.78, 5) is 17.6. The van der Waals surface area contributed by atoms with E-state index < -0.39 is 0 Å². The fourth-order valence-electron chi connectivity index (χ4n) is 3.01. The minimum absolute atomic E-state index is 0.111. The van der Waals surface area contributed by atoms with Crippen molar-refractivity contribution in [3.63, 3.8) is 0 Å². The van der Waals surface area contributed by atoms with Crippen LogP contribution in [0.3, 0.4) is 0 Å². The first-order chi connectivity index (χ1) is 13.5. The Bertz CT molecular complexity index is 1010. The van der Waals surface area contributed by atoms with Crippen molar-refractivity contribution in [2.45, 2.75) is 26.9 Å². The first kappa shape index (κ1) is 20.1. The number of ether oxygens (including phenoxy) is 1. The molecule has 0 saturated carbocycles. The van der Waals surface area contributed by atoms with Crippen LogP contribution in [-0.2, 0) is 17.8 Å². The Hall–Kier alpha value is -2.64. The number of pyridine rings is 1. The van der Waals surface area contributed by atoms with E-state index in [0.29, 0.717) is 36.9 Å². The molecule has 0 bridgehead atoms. The fourth-order valence-corrected chi connectivity index (χ4v) is 3.24. The molecule has 0 saturated heterocycles. The van der Waals surface area contributed by atoms with Crippen LogP contribution in [0.25, 0.3) is 10.9 Å². The maximum Gasteiger partial charge on any atom is 0.253 e. The number of benzene rings is 1. The number of methoxy groups -OCH3 is 1. The smallest absolute Gasteiger partial charge is 0.253 e. The third-order valence-electron chi connectivity index (χ3n) is 4.69. The summed E-state index contributed by atoms with van der Waals surface area (Å²) in [7, 11) is 1.64. The molecule has 28 heavy (non-hydrogen) atoms. The summed E-state index contributed by atoms with van der Waals surface area (Å²) < 4.78 is 10.5. The number of H-pyrrole nitrogens is 1. The lowest BCUT2D eigenvalue weighted by Gasteiger charge is -2.25. The predicted octanol–water partition coefficient (Wildman–Crippen LogP) is 3.26. The number of hydrogen-bond donors (Lipinski definition) is 2. The molecule has 6 nitrogen and oxygen atoms in total. The van der Waals surface area contributed by atoms with E-state index >= 15 is 0 Å². The van der Waals surface area contributed by atoms with Crippen molar-refractivity contribution < 1.29 is 9.15 Å². The van der Waals surface area contributed by atoms with Crippen molar-refractivity contribution in [2.24, 2.45) is 0 Å². The molecule has 3 aromatic rings. The predicted molar refractivity (Wildman–Crippen MR) is 114 cm³/mol. The number of nitrogens with zero attached hydrogens (tertiary/aromatic N) is 1. The van der Waals surface area contributed by atoms with E-state index in [9.17, 15) is 4.79 Å². The SMILES string of the molecule is COCCNC(=S)N(Cc1ccco1)Cc1cc2cc(C)c(C)cc2[nH]c1=O. The van der Waals surface area contributed by atoms with Crippen LogP contribution < -0.4 is 10.9 Å². The van der Waals surface area contributed by atoms with Crippen LogP contribution in [0.15, 0.2) is 45.8 Å². The van der Waals surface area contributed by atoms with Gasteiger partial charge in [-0.05, 0) is 72.9 Å². The second-order valence-corrected chi connectivity index (χ2v) is 7.19. The zero-order chi connectivity index (χ0) is 20.1. The zero-order valence-electron chi connectivity index (χ0n) is 16.4. The third kappa shape index (κ3) is 4.79. The molecule has 2 aromatic heterocycles. The van der Waals surface area contributed by atoms with Gasteiger partial charge in [-0.25, -0.2) is 0 Å². The molecule has 2 heterocycles. The zero-order valence-corrected chi connectivity index (χ0v) is 17.2. The van der Waals surface area contributed by atoms with Crippen molar-refractivity contribution in [3.05, 3.63) is 69.4 Å². The van der Waals surface area contributed by atoms with Gasteiger partial charge >= 0.3 is 0 Å². The van der Waals surface area contributed by atoms with Crippen LogP contribution in [0.4, 0.5) is 0 Å². The Labute approximate surface area is 169 Å². The third-order valence-corrected chi connectivity index (χ3v) is 5.10. The highest BCUT2D eigenvalue weighted by Gasteiger charge is 2.15. The van der Waals surface area contributed by atoms with Crippen LogP contribution >= 0.6 is 12.2 Å². The molecule has 0 amide bonds. The number of furan rings is 1. The summed E-state index contributed by atoms with van der Waals surface area (Å²) in [6.45, 7) is 6.09. The average molecular weight is 400 g/mol. The van der Waals surface area contributed by atoms with Gasteiger partial charge in [-0.2, -0.15) is 0 Å². The van der Waals surface area contributed by atoms with Gasteiger partial charge in [0.15, 0.2) is 5.11 Å². The topological polar surface area (TPSA) is 70.5 Å². The monoisotopic (exact) mass is 399 g/mol. The standard InChI is InChI=1S/C21H25N3O3S/c1-14-9-16-11-17(20(25)23-19(16)10-15(14)2)12-24(13-18-5-4-7-27-18)21(28)22-6-8-26-3/h4-5,7,9-11H,6,8,12-13H2,1-3H3,(H,22,28)(H,23,25). The molecule has 3 rings (SSSR count). The highest BCUT2D eigenvalue weighted by molar-refractivity contribution is 7.80. The minimum atomic E-state index is -0.111. The highest BCUT2D eigenvalue weighted by atomic mass is 32.1. The number of aryl methyl sites for hydroxylation is 2. The van der Waals surface area contributed by atoms with E-state index in [1.54, 1.807) is 13.4 Å². The van der Waals surface area contributed by atoms with Crippen molar-refractivity contribution >= 4 is 28.2 Å². The van der Waals surface area contributed by atoms with E-state index in [2.05, 4.69) is 23.3 Å². The molecule has 0 unspecified atom stereocenters. The lowest BCUT2D eigenvalue weighted by Crippen LogP contribution is -2.41. The number of fused-ring (bicyclic) bond motifs is 1. The Morgan fingerprint density at radius 1 is 1.25 bits per heavy atom. The Balaban J connectivity index is 1.88. The van der Waals surface area contributed by atoms with Crippen LogP contribution in [0.1, 0.15) is 22.5 Å². The number of rotatable bonds is 7. The average Bonchev–Trinajstić information content (AvgIpc) is 3.16. The number of aromatic nitrogens is 1. The summed E-state index contributed by atoms with van der Waals surface area (Å²) in [5.74, 6) is 0.777. The van der Waals surface area contributed by atoms with Crippen LogP contribution in [0.5, 0.6) is 0 Å². The fraction of sp³-hybridized carbons (Fsp3) is 0.333. The maximum absolute atomic E-state index is 12.7. The van der Waals surface area contributed by atoms with E-state index in [4.69, 9.17) is 21.4 Å². The first-order valence-corrected chi connectivity index (χ1v) is 9.56. The lowest BCUT2D eigenvalue weighted by atomic mass is 10.0. The van der Waals surface area contributed by atoms with Gasteiger partial charge in [0.25, 0.3) is 5.56 Å². The molecule has 0 aliphatic rings. The minimum Gasteiger partial charge on any atom is -0.467 e. The second kappa shape index (κ2) is 9.03. The number of aromatic amines is 1. The highest BCUT2D eigenvalue weighted by Crippen LogP contribution is 2.18. The van der Waals surface area contributed by atoms with Gasteiger partial charge in [0.05, 0.1) is 26.0 Å². The van der Waals surface area contributed by atoms with Crippen molar-refractivity contribution in [1.29, 1.82) is 0 Å². The second-order valence-electron chi connectivity index (χ2n) is 6.81. The van der Waals surface area contributed by atoms with E-state index in [0.717, 1.165) is 22.2 Å². The van der Waals surface area contributed by atoms with E-state index in [-0.39, 0.29) is 5.56 Å². The largest absolute Gasteiger partial charge is 0.467 e. The molecule has 0 atom stereocenters. The summed E-state index contributed by atoms with van der Waals surface area (Å²) in [5.41, 5.74) is 3.72. The molecule has 0 fully saturated rings. The summed E-state index contributed by atoms with van der Waals surface area (Å²) in [6, 6.07) is 9.77. The summed E-state index contributed by atoms with van der Waals surface area (Å²) in [5, 5.41) is 4.73. The Kier molecular flexibility index (Phi) is 6.49. The van der Waals surface area contributed by atoms with Crippen molar-refractivity contribution in [3.8, 4) is 0 Å². The number of nitrogens with one attached hydrogen (secondary N) is 2. The van der Waals surface area contributed by atoms with Gasteiger partial charge in [0.1, 0.15) is 5.76 Å². The van der Waals surface area contributed by atoms with Gasteiger partial charge in [-0.1, -0.05) is 0 Å². The molecule has 148 valence electrons. The summed E-state index contributed by atoms with van der Waals surface area (Å²) >= 11 is 5.54. The molecule has 7 heteroatoms. The van der Waals surface area contributed by atoms with Crippen molar-refractivity contribution in [2.75, 3.05) is 20.3 Å². The van der Waals surface area contributed by atoms with Crippen LogP contribution in [-0.4, -0.2) is 35.3 Å².